The van der Waals surface area contributed by atoms with Gasteiger partial charge in [0.15, 0.2) is 0 Å². The van der Waals surface area contributed by atoms with E-state index in [1.807, 2.05) is 37.4 Å². The summed E-state index contributed by atoms with van der Waals surface area (Å²) in [5.74, 6) is 0.745. The van der Waals surface area contributed by atoms with Crippen molar-refractivity contribution in [3.8, 4) is 11.3 Å². The van der Waals surface area contributed by atoms with Gasteiger partial charge >= 0.3 is 12.4 Å². The molecule has 11 heteroatoms. The van der Waals surface area contributed by atoms with E-state index in [4.69, 9.17) is 0 Å². The van der Waals surface area contributed by atoms with E-state index in [0.717, 1.165) is 23.8 Å². The second kappa shape index (κ2) is 11.8. The van der Waals surface area contributed by atoms with Crippen LogP contribution in [0.1, 0.15) is 22.5 Å². The first-order valence-corrected chi connectivity index (χ1v) is 13.0. The first kappa shape index (κ1) is 29.0. The number of nitrogens with one attached hydrogen (secondary N) is 1. The molecule has 0 spiro atoms. The first-order chi connectivity index (χ1) is 20.0. The third kappa shape index (κ3) is 6.85. The van der Waals surface area contributed by atoms with Crippen LogP contribution in [-0.2, 0) is 25.3 Å². The lowest BCUT2D eigenvalue weighted by molar-refractivity contribution is -0.138. The van der Waals surface area contributed by atoms with Gasteiger partial charge in [0.1, 0.15) is 11.6 Å². The zero-order chi connectivity index (χ0) is 29.9. The van der Waals surface area contributed by atoms with E-state index in [0.29, 0.717) is 47.7 Å². The standard InChI is InChI=1S/C31H25F6N5/c1-42(19-20-6-3-2-4-7-20)17-15-27-40-26-18-21(28-25(31(35,36)37)8-5-16-38-28)9-14-24(26)29(41-27)39-23-12-10-22(11-13-23)30(32,33)34/h2-14,16,18H,15,17,19H2,1H3,(H,39,40,41). The number of pyridine rings is 1. The van der Waals surface area contributed by atoms with Crippen molar-refractivity contribution in [3.63, 3.8) is 0 Å². The Labute approximate surface area is 237 Å². The summed E-state index contributed by atoms with van der Waals surface area (Å²) in [7, 11) is 1.95. The maximum atomic E-state index is 13.7. The van der Waals surface area contributed by atoms with Crippen LogP contribution in [0.2, 0.25) is 0 Å². The first-order valence-electron chi connectivity index (χ1n) is 13.0. The normalized spacial score (nSPS) is 12.2. The number of halogens is 6. The summed E-state index contributed by atoms with van der Waals surface area (Å²) in [6.45, 7) is 1.27. The largest absolute Gasteiger partial charge is 0.418 e. The second-order valence-corrected chi connectivity index (χ2v) is 9.79. The summed E-state index contributed by atoms with van der Waals surface area (Å²) in [6, 6.07) is 21.2. The number of benzene rings is 3. The molecule has 1 N–H and O–H groups in total. The number of likely N-dealkylation sites (N-methyl/N-ethyl adjacent to an activating group) is 1. The molecule has 2 aromatic heterocycles. The Hall–Kier alpha value is -4.51. The van der Waals surface area contributed by atoms with Crippen LogP contribution in [0.4, 0.5) is 37.8 Å². The number of hydrogen-bond donors (Lipinski definition) is 1. The van der Waals surface area contributed by atoms with Crippen molar-refractivity contribution in [2.75, 3.05) is 18.9 Å². The molecule has 0 aliphatic carbocycles. The zero-order valence-corrected chi connectivity index (χ0v) is 22.3. The fraction of sp³-hybridized carbons (Fsp3) is 0.194. The molecule has 216 valence electrons. The van der Waals surface area contributed by atoms with E-state index in [9.17, 15) is 26.3 Å². The third-order valence-corrected chi connectivity index (χ3v) is 6.62. The van der Waals surface area contributed by atoms with Gasteiger partial charge in [-0.3, -0.25) is 4.98 Å². The second-order valence-electron chi connectivity index (χ2n) is 9.79. The van der Waals surface area contributed by atoms with Gasteiger partial charge in [0.2, 0.25) is 0 Å². The highest BCUT2D eigenvalue weighted by Crippen LogP contribution is 2.37. The molecule has 0 unspecified atom stereocenters. The summed E-state index contributed by atoms with van der Waals surface area (Å²) in [6.07, 6.45) is -7.37. The monoisotopic (exact) mass is 581 g/mol. The van der Waals surface area contributed by atoms with Crippen LogP contribution in [0.15, 0.2) is 91.1 Å². The number of hydrogen-bond acceptors (Lipinski definition) is 5. The highest BCUT2D eigenvalue weighted by Gasteiger charge is 2.34. The molecule has 5 nitrogen and oxygen atoms in total. The zero-order valence-electron chi connectivity index (χ0n) is 22.3. The van der Waals surface area contributed by atoms with Gasteiger partial charge in [-0.2, -0.15) is 26.3 Å². The van der Waals surface area contributed by atoms with E-state index in [-0.39, 0.29) is 11.3 Å². The van der Waals surface area contributed by atoms with Gasteiger partial charge in [-0.25, -0.2) is 9.97 Å². The minimum atomic E-state index is -4.60. The van der Waals surface area contributed by atoms with Crippen LogP contribution in [0.5, 0.6) is 0 Å². The molecule has 5 rings (SSSR count). The SMILES string of the molecule is CN(CCc1nc(Nc2ccc(C(F)(F)F)cc2)c2ccc(-c3ncccc3C(F)(F)F)cc2n1)Cc1ccccc1. The predicted octanol–water partition coefficient (Wildman–Crippen LogP) is 8.15. The Morgan fingerprint density at radius 1 is 0.786 bits per heavy atom. The molecule has 0 fully saturated rings. The molecule has 0 saturated carbocycles. The smallest absolute Gasteiger partial charge is 0.340 e. The van der Waals surface area contributed by atoms with Crippen LogP contribution in [0, 0.1) is 0 Å². The molecular weight excluding hydrogens is 556 g/mol. The van der Waals surface area contributed by atoms with E-state index < -0.39 is 23.5 Å². The quantitative estimate of drug-likeness (QED) is 0.188. The molecule has 2 heterocycles. The Balaban J connectivity index is 1.50. The van der Waals surface area contributed by atoms with Gasteiger partial charge in [0.25, 0.3) is 0 Å². The Morgan fingerprint density at radius 2 is 1.52 bits per heavy atom. The number of rotatable bonds is 8. The minimum absolute atomic E-state index is 0.224. The van der Waals surface area contributed by atoms with Crippen LogP contribution in [0.25, 0.3) is 22.2 Å². The van der Waals surface area contributed by atoms with E-state index in [1.54, 1.807) is 6.07 Å². The summed E-state index contributed by atoms with van der Waals surface area (Å²) in [4.78, 5) is 15.4. The van der Waals surface area contributed by atoms with Gasteiger partial charge in [-0.15, -0.1) is 0 Å². The summed E-state index contributed by atoms with van der Waals surface area (Å²) < 4.78 is 80.3. The van der Waals surface area contributed by atoms with E-state index in [2.05, 4.69) is 25.2 Å². The fourth-order valence-corrected chi connectivity index (χ4v) is 4.54. The Bertz CT molecular complexity index is 1670. The third-order valence-electron chi connectivity index (χ3n) is 6.62. The van der Waals surface area contributed by atoms with Crippen LogP contribution in [-0.4, -0.2) is 33.4 Å². The molecule has 42 heavy (non-hydrogen) atoms. The van der Waals surface area contributed by atoms with E-state index >= 15 is 0 Å². The molecule has 0 aliphatic heterocycles. The van der Waals surface area contributed by atoms with Crippen LogP contribution < -0.4 is 5.32 Å². The lowest BCUT2D eigenvalue weighted by Crippen LogP contribution is -2.21. The minimum Gasteiger partial charge on any atom is -0.340 e. The number of anilines is 2. The predicted molar refractivity (Wildman–Crippen MR) is 149 cm³/mol. The van der Waals surface area contributed by atoms with Crippen LogP contribution in [0.3, 0.4) is 0 Å². The van der Waals surface area contributed by atoms with Gasteiger partial charge < -0.3 is 10.2 Å². The Morgan fingerprint density at radius 3 is 2.21 bits per heavy atom. The summed E-state index contributed by atoms with van der Waals surface area (Å²) in [5, 5.41) is 3.55. The molecular formula is C31H25F6N5. The highest BCUT2D eigenvalue weighted by atomic mass is 19.4. The average Bonchev–Trinajstić information content (AvgIpc) is 2.96. The maximum absolute atomic E-state index is 13.7. The molecule has 0 radical (unpaired) electrons. The van der Waals surface area contributed by atoms with Crippen molar-refractivity contribution >= 4 is 22.4 Å². The molecule has 0 aliphatic rings. The lowest BCUT2D eigenvalue weighted by atomic mass is 10.0. The van der Waals surface area contributed by atoms with Crippen molar-refractivity contribution in [3.05, 3.63) is 114 Å². The topological polar surface area (TPSA) is 53.9 Å². The highest BCUT2D eigenvalue weighted by molar-refractivity contribution is 5.93. The van der Waals surface area contributed by atoms with Crippen molar-refractivity contribution in [1.82, 2.24) is 19.9 Å². The summed E-state index contributed by atoms with van der Waals surface area (Å²) in [5.41, 5.74) is 0.199. The average molecular weight is 582 g/mol. The van der Waals surface area contributed by atoms with Crippen molar-refractivity contribution < 1.29 is 26.3 Å². The van der Waals surface area contributed by atoms with Gasteiger partial charge in [0.05, 0.1) is 22.3 Å². The number of alkyl halides is 6. The van der Waals surface area contributed by atoms with Crippen molar-refractivity contribution in [2.24, 2.45) is 0 Å². The number of fused-ring (bicyclic) bond motifs is 1. The van der Waals surface area contributed by atoms with E-state index in [1.165, 1.54) is 36.5 Å². The Kier molecular flexibility index (Phi) is 8.13. The number of nitrogens with zero attached hydrogens (tertiary/aromatic N) is 4. The maximum Gasteiger partial charge on any atom is 0.418 e. The summed E-state index contributed by atoms with van der Waals surface area (Å²) >= 11 is 0. The van der Waals surface area contributed by atoms with Crippen LogP contribution >= 0.6 is 0 Å². The fourth-order valence-electron chi connectivity index (χ4n) is 4.54. The molecule has 3 aromatic carbocycles. The molecule has 0 atom stereocenters. The lowest BCUT2D eigenvalue weighted by Gasteiger charge is -2.17. The van der Waals surface area contributed by atoms with Crippen molar-refractivity contribution in [2.45, 2.75) is 25.3 Å². The number of aromatic nitrogens is 3. The molecule has 0 saturated heterocycles. The molecule has 5 aromatic rings. The molecule has 0 bridgehead atoms. The van der Waals surface area contributed by atoms with Crippen molar-refractivity contribution in [1.29, 1.82) is 0 Å². The van der Waals surface area contributed by atoms with Gasteiger partial charge in [-0.1, -0.05) is 36.4 Å². The van der Waals surface area contributed by atoms with Gasteiger partial charge in [0, 0.05) is 42.3 Å². The molecule has 0 amide bonds. The van der Waals surface area contributed by atoms with Gasteiger partial charge in [-0.05, 0) is 61.1 Å².